The molecule has 4 heteroatoms. The summed E-state index contributed by atoms with van der Waals surface area (Å²) in [6, 6.07) is 43.9. The number of benzene rings is 6. The molecule has 0 atom stereocenters. The van der Waals surface area contributed by atoms with Crippen molar-refractivity contribution in [2.75, 3.05) is 0 Å². The summed E-state index contributed by atoms with van der Waals surface area (Å²) in [6.45, 7) is 5.24. The van der Waals surface area contributed by atoms with E-state index in [0.29, 0.717) is 0 Å². The normalized spacial score (nSPS) is 15.0. The van der Waals surface area contributed by atoms with Gasteiger partial charge in [0.25, 0.3) is 6.71 Å². The first-order chi connectivity index (χ1) is 20.6. The minimum absolute atomic E-state index is 0.180. The van der Waals surface area contributed by atoms with Crippen LogP contribution < -0.4 is 26.8 Å². The molecule has 0 aliphatic carbocycles. The minimum Gasteiger partial charge on any atom is -0.310 e. The number of para-hydroxylation sites is 3. The smallest absolute Gasteiger partial charge is 0.252 e. The molecule has 0 saturated heterocycles. The van der Waals surface area contributed by atoms with Crippen LogP contribution in [0.3, 0.4) is 0 Å². The third-order valence-electron chi connectivity index (χ3n) is 10.7. The summed E-state index contributed by atoms with van der Waals surface area (Å²) >= 11 is 0. The van der Waals surface area contributed by atoms with Crippen molar-refractivity contribution in [3.8, 4) is 22.5 Å². The number of rotatable bonds is 0. The lowest BCUT2D eigenvalue weighted by molar-refractivity contribution is 1.17. The number of hydrogen-bond donors (Lipinski definition) is 0. The fourth-order valence-electron chi connectivity index (χ4n) is 9.05. The summed E-state index contributed by atoms with van der Waals surface area (Å²) < 4.78 is 5.21. The Hall–Kier alpha value is -4.80. The maximum atomic E-state index is 2.66. The van der Waals surface area contributed by atoms with E-state index in [4.69, 9.17) is 0 Å². The molecule has 5 heterocycles. The van der Waals surface area contributed by atoms with Gasteiger partial charge in [0.1, 0.15) is 8.07 Å². The van der Waals surface area contributed by atoms with Crippen molar-refractivity contribution in [3.63, 3.8) is 0 Å². The molecule has 0 radical (unpaired) electrons. The average molecular weight is 549 g/mol. The largest absolute Gasteiger partial charge is 0.310 e. The molecular formula is C38H25BN2Si. The zero-order chi connectivity index (χ0) is 27.5. The molecular weight excluding hydrogens is 523 g/mol. The Kier molecular flexibility index (Phi) is 3.63. The highest BCUT2D eigenvalue weighted by Crippen LogP contribution is 2.44. The van der Waals surface area contributed by atoms with Crippen molar-refractivity contribution in [3.05, 3.63) is 115 Å². The molecule has 11 rings (SSSR count). The van der Waals surface area contributed by atoms with Crippen molar-refractivity contribution in [1.82, 2.24) is 9.13 Å². The van der Waals surface area contributed by atoms with Crippen molar-refractivity contribution < 1.29 is 0 Å². The lowest BCUT2D eigenvalue weighted by Gasteiger charge is -2.34. The van der Waals surface area contributed by atoms with Crippen LogP contribution in [-0.4, -0.2) is 23.9 Å². The molecule has 2 nitrogen and oxygen atoms in total. The van der Waals surface area contributed by atoms with E-state index < -0.39 is 8.07 Å². The highest BCUT2D eigenvalue weighted by molar-refractivity contribution is 7.05. The third kappa shape index (κ3) is 2.22. The number of nitrogens with zero attached hydrogens (tertiary/aromatic N) is 2. The maximum Gasteiger partial charge on any atom is 0.252 e. The highest BCUT2D eigenvalue weighted by atomic mass is 28.3. The van der Waals surface area contributed by atoms with E-state index in [9.17, 15) is 0 Å². The Morgan fingerprint density at radius 2 is 1.19 bits per heavy atom. The molecule has 0 amide bonds. The van der Waals surface area contributed by atoms with Crippen LogP contribution in [0, 0.1) is 0 Å². The van der Waals surface area contributed by atoms with E-state index in [1.807, 2.05) is 0 Å². The van der Waals surface area contributed by atoms with Crippen LogP contribution in [0.1, 0.15) is 0 Å². The zero-order valence-corrected chi connectivity index (χ0v) is 24.4. The topological polar surface area (TPSA) is 9.86 Å². The number of aromatic nitrogens is 2. The van der Waals surface area contributed by atoms with Gasteiger partial charge in [-0.15, -0.1) is 0 Å². The van der Waals surface area contributed by atoms with Crippen LogP contribution in [0.4, 0.5) is 0 Å². The number of hydrogen-bond acceptors (Lipinski definition) is 0. The Labute approximate surface area is 244 Å². The molecule has 3 aliphatic rings. The van der Waals surface area contributed by atoms with Gasteiger partial charge in [-0.05, 0) is 56.6 Å². The molecule has 194 valence electrons. The van der Waals surface area contributed by atoms with E-state index in [1.165, 1.54) is 82.5 Å². The third-order valence-corrected chi connectivity index (χ3v) is 14.2. The van der Waals surface area contributed by atoms with Crippen molar-refractivity contribution in [2.24, 2.45) is 0 Å². The lowest BCUT2D eigenvalue weighted by atomic mass is 9.34. The molecule has 3 aliphatic heterocycles. The Bertz CT molecular complexity index is 2570. The van der Waals surface area contributed by atoms with Gasteiger partial charge in [-0.2, -0.15) is 0 Å². The van der Waals surface area contributed by atoms with E-state index in [0.717, 1.165) is 0 Å². The quantitative estimate of drug-likeness (QED) is 0.211. The summed E-state index contributed by atoms with van der Waals surface area (Å²) in [5, 5.41) is 8.53. The highest BCUT2D eigenvalue weighted by Gasteiger charge is 2.45. The summed E-state index contributed by atoms with van der Waals surface area (Å²) in [5.41, 5.74) is 15.3. The fourth-order valence-corrected chi connectivity index (χ4v) is 12.1. The van der Waals surface area contributed by atoms with Crippen LogP contribution in [-0.2, 0) is 0 Å². The minimum atomic E-state index is -1.84. The fraction of sp³-hybridized carbons (Fsp3) is 0.0526. The number of fused-ring (bicyclic) bond motifs is 16. The molecule has 42 heavy (non-hydrogen) atoms. The standard InChI is InChI=1S/C38H25BN2Si/c1-42(2)32-18-10-5-13-24(32)34-33(42)20-19-28-38(34)41-30-16-8-4-12-23(30)26-21-25-22-11-3-7-15-29(22)40-31-17-9-6-14-27(31)39(28)35(36(25)40)37(26)41/h3-21H,1-2H3. The van der Waals surface area contributed by atoms with E-state index >= 15 is 0 Å². The van der Waals surface area contributed by atoms with Crippen LogP contribution in [0.2, 0.25) is 13.1 Å². The molecule has 0 N–H and O–H groups in total. The van der Waals surface area contributed by atoms with Crippen LogP contribution >= 0.6 is 0 Å². The van der Waals surface area contributed by atoms with Gasteiger partial charge in [-0.25, -0.2) is 0 Å². The summed E-state index contributed by atoms with van der Waals surface area (Å²) in [7, 11) is -1.84. The second kappa shape index (κ2) is 6.97. The molecule has 0 spiro atoms. The van der Waals surface area contributed by atoms with Gasteiger partial charge in [0, 0.05) is 38.5 Å². The molecule has 0 bridgehead atoms. The predicted molar refractivity (Wildman–Crippen MR) is 182 cm³/mol. The lowest BCUT2D eigenvalue weighted by Crippen LogP contribution is -2.60. The van der Waals surface area contributed by atoms with Gasteiger partial charge in [-0.3, -0.25) is 0 Å². The van der Waals surface area contributed by atoms with E-state index in [-0.39, 0.29) is 6.71 Å². The molecule has 0 saturated carbocycles. The Morgan fingerprint density at radius 3 is 2.00 bits per heavy atom. The first-order valence-corrected chi connectivity index (χ1v) is 18.0. The molecule has 0 fully saturated rings. The second-order valence-electron chi connectivity index (χ2n) is 12.9. The molecule has 8 aromatic rings. The first-order valence-electron chi connectivity index (χ1n) is 15.0. The van der Waals surface area contributed by atoms with Crippen molar-refractivity contribution in [1.29, 1.82) is 0 Å². The average Bonchev–Trinajstić information content (AvgIpc) is 3.63. The summed E-state index contributed by atoms with van der Waals surface area (Å²) in [6.07, 6.45) is 0. The van der Waals surface area contributed by atoms with Crippen LogP contribution in [0.5, 0.6) is 0 Å². The predicted octanol–water partition coefficient (Wildman–Crippen LogP) is 5.83. The van der Waals surface area contributed by atoms with Gasteiger partial charge >= 0.3 is 0 Å². The molecule has 0 unspecified atom stereocenters. The van der Waals surface area contributed by atoms with Gasteiger partial charge in [0.15, 0.2) is 0 Å². The van der Waals surface area contributed by atoms with Crippen molar-refractivity contribution in [2.45, 2.75) is 13.1 Å². The van der Waals surface area contributed by atoms with Crippen LogP contribution in [0.25, 0.3) is 66.1 Å². The summed E-state index contributed by atoms with van der Waals surface area (Å²) in [5.74, 6) is 0. The van der Waals surface area contributed by atoms with Gasteiger partial charge in [-0.1, -0.05) is 104 Å². The van der Waals surface area contributed by atoms with E-state index in [1.54, 1.807) is 10.4 Å². The molecule has 6 aromatic carbocycles. The van der Waals surface area contributed by atoms with Crippen LogP contribution in [0.15, 0.2) is 115 Å². The maximum absolute atomic E-state index is 2.66. The van der Waals surface area contributed by atoms with E-state index in [2.05, 4.69) is 137 Å². The second-order valence-corrected chi connectivity index (χ2v) is 17.2. The monoisotopic (exact) mass is 548 g/mol. The van der Waals surface area contributed by atoms with Gasteiger partial charge < -0.3 is 9.13 Å². The Balaban J connectivity index is 1.46. The molecule has 2 aromatic heterocycles. The van der Waals surface area contributed by atoms with Gasteiger partial charge in [0.2, 0.25) is 0 Å². The van der Waals surface area contributed by atoms with Gasteiger partial charge in [0.05, 0.1) is 22.1 Å². The summed E-state index contributed by atoms with van der Waals surface area (Å²) in [4.78, 5) is 0. The van der Waals surface area contributed by atoms with Crippen molar-refractivity contribution >= 4 is 85.2 Å². The zero-order valence-electron chi connectivity index (χ0n) is 23.4. The first kappa shape index (κ1) is 21.9. The SMILES string of the molecule is C[Si]1(C)c2ccccc2-c2c1ccc1c2-n2c3ccccc3c3cc4c5ccccc5n5c4c(c32)B1c1ccccc1-5. The Morgan fingerprint density at radius 1 is 0.548 bits per heavy atom.